The number of hydrogen-bond donors (Lipinski definition) is 3. The number of fused-ring (bicyclic) bond motifs is 1. The van der Waals surface area contributed by atoms with Gasteiger partial charge in [-0.3, -0.25) is 0 Å². The van der Waals surface area contributed by atoms with Gasteiger partial charge in [-0.15, -0.1) is 0 Å². The summed E-state index contributed by atoms with van der Waals surface area (Å²) in [6.45, 7) is 0. The van der Waals surface area contributed by atoms with Crippen LogP contribution in [-0.4, -0.2) is 43.1 Å². The first-order valence-electron chi connectivity index (χ1n) is 6.20. The van der Waals surface area contributed by atoms with Crippen LogP contribution in [0.25, 0.3) is 0 Å². The fourth-order valence-electron chi connectivity index (χ4n) is 3.38. The highest BCUT2D eigenvalue weighted by Gasteiger charge is 2.42. The Morgan fingerprint density at radius 3 is 2.41 bits per heavy atom. The molecule has 0 aromatic rings. The molecule has 0 radical (unpaired) electrons. The molecule has 17 heavy (non-hydrogen) atoms. The van der Waals surface area contributed by atoms with Crippen molar-refractivity contribution in [1.82, 2.24) is 4.72 Å². The Morgan fingerprint density at radius 1 is 1.06 bits per heavy atom. The van der Waals surface area contributed by atoms with Crippen molar-refractivity contribution in [1.29, 1.82) is 0 Å². The predicted molar refractivity (Wildman–Crippen MR) is 63.8 cm³/mol. The average molecular weight is 263 g/mol. The fraction of sp³-hybridized carbons (Fsp3) is 1.00. The van der Waals surface area contributed by atoms with Gasteiger partial charge in [-0.05, 0) is 37.5 Å². The highest BCUT2D eigenvalue weighted by Crippen LogP contribution is 2.40. The zero-order chi connectivity index (χ0) is 12.6. The molecule has 5 unspecified atom stereocenters. The molecule has 2 saturated carbocycles. The lowest BCUT2D eigenvalue weighted by Crippen LogP contribution is -2.50. The molecular formula is C11H21NO4S. The van der Waals surface area contributed by atoms with Crippen LogP contribution in [0.2, 0.25) is 0 Å². The molecule has 0 aliphatic heterocycles. The van der Waals surface area contributed by atoms with Crippen molar-refractivity contribution in [3.63, 3.8) is 0 Å². The van der Waals surface area contributed by atoms with E-state index in [4.69, 9.17) is 0 Å². The Labute approximate surface area is 102 Å². The van der Waals surface area contributed by atoms with E-state index in [2.05, 4.69) is 4.72 Å². The van der Waals surface area contributed by atoms with Crippen LogP contribution in [0, 0.1) is 11.8 Å². The van der Waals surface area contributed by atoms with Gasteiger partial charge >= 0.3 is 0 Å². The summed E-state index contributed by atoms with van der Waals surface area (Å²) in [4.78, 5) is 0. The summed E-state index contributed by atoms with van der Waals surface area (Å²) >= 11 is 0. The van der Waals surface area contributed by atoms with Crippen LogP contribution in [0.3, 0.4) is 0 Å². The van der Waals surface area contributed by atoms with Crippen molar-refractivity contribution in [3.8, 4) is 0 Å². The molecule has 0 spiro atoms. The summed E-state index contributed by atoms with van der Waals surface area (Å²) in [7, 11) is -3.25. The second-order valence-electron chi connectivity index (χ2n) is 5.45. The zero-order valence-electron chi connectivity index (χ0n) is 10.0. The molecule has 5 atom stereocenters. The van der Waals surface area contributed by atoms with Gasteiger partial charge in [-0.2, -0.15) is 0 Å². The largest absolute Gasteiger partial charge is 0.393 e. The van der Waals surface area contributed by atoms with Crippen LogP contribution in [-0.2, 0) is 10.0 Å². The molecule has 0 aromatic heterocycles. The van der Waals surface area contributed by atoms with Gasteiger partial charge < -0.3 is 10.2 Å². The average Bonchev–Trinajstić information content (AvgIpc) is 2.17. The van der Waals surface area contributed by atoms with Crippen LogP contribution in [0.4, 0.5) is 0 Å². The summed E-state index contributed by atoms with van der Waals surface area (Å²) in [5, 5.41) is 20.0. The van der Waals surface area contributed by atoms with Gasteiger partial charge in [0.2, 0.25) is 10.0 Å². The van der Waals surface area contributed by atoms with Crippen molar-refractivity contribution in [2.45, 2.75) is 50.4 Å². The summed E-state index contributed by atoms with van der Waals surface area (Å²) in [5.41, 5.74) is 0. The molecule has 2 aliphatic carbocycles. The van der Waals surface area contributed by atoms with Crippen molar-refractivity contribution >= 4 is 10.0 Å². The molecule has 6 heteroatoms. The molecule has 3 N–H and O–H groups in total. The van der Waals surface area contributed by atoms with E-state index in [9.17, 15) is 18.6 Å². The Morgan fingerprint density at radius 2 is 1.76 bits per heavy atom. The van der Waals surface area contributed by atoms with Gasteiger partial charge in [-0.1, -0.05) is 6.42 Å². The number of rotatable bonds is 2. The van der Waals surface area contributed by atoms with Crippen molar-refractivity contribution in [2.75, 3.05) is 6.26 Å². The van der Waals surface area contributed by atoms with Gasteiger partial charge in [0, 0.05) is 6.04 Å². The third kappa shape index (κ3) is 3.19. The standard InChI is InChI=1S/C11H21NO4S/c1-17(15,16)12-7-5-9-8(11(14)6-7)3-2-4-10(9)13/h7-14H,2-6H2,1H3. The summed E-state index contributed by atoms with van der Waals surface area (Å²) in [5.74, 6) is 0.170. The summed E-state index contributed by atoms with van der Waals surface area (Å²) < 4.78 is 24.9. The lowest BCUT2D eigenvalue weighted by Gasteiger charge is -2.44. The molecule has 5 nitrogen and oxygen atoms in total. The number of aliphatic hydroxyl groups is 2. The topological polar surface area (TPSA) is 86.6 Å². The van der Waals surface area contributed by atoms with E-state index in [1.165, 1.54) is 0 Å². The minimum Gasteiger partial charge on any atom is -0.393 e. The maximum atomic E-state index is 11.2. The van der Waals surface area contributed by atoms with Crippen molar-refractivity contribution < 1.29 is 18.6 Å². The maximum absolute atomic E-state index is 11.2. The molecule has 0 heterocycles. The Hall–Kier alpha value is -0.170. The van der Waals surface area contributed by atoms with Gasteiger partial charge in [0.05, 0.1) is 18.5 Å². The van der Waals surface area contributed by atoms with Crippen LogP contribution in [0.1, 0.15) is 32.1 Å². The molecular weight excluding hydrogens is 242 g/mol. The number of nitrogens with one attached hydrogen (secondary N) is 1. The second kappa shape index (κ2) is 4.84. The van der Waals surface area contributed by atoms with Gasteiger partial charge in [0.25, 0.3) is 0 Å². The molecule has 100 valence electrons. The third-order valence-corrected chi connectivity index (χ3v) is 4.80. The first-order chi connectivity index (χ1) is 7.87. The number of aliphatic hydroxyl groups excluding tert-OH is 2. The van der Waals surface area contributed by atoms with E-state index in [0.717, 1.165) is 25.5 Å². The first kappa shape index (κ1) is 13.3. The Bertz CT molecular complexity index is 370. The lowest BCUT2D eigenvalue weighted by atomic mass is 9.67. The monoisotopic (exact) mass is 263 g/mol. The van der Waals surface area contributed by atoms with Gasteiger partial charge in [0.1, 0.15) is 0 Å². The van der Waals surface area contributed by atoms with E-state index < -0.39 is 22.2 Å². The van der Waals surface area contributed by atoms with Crippen LogP contribution < -0.4 is 4.72 Å². The SMILES string of the molecule is CS(=O)(=O)NC1CC(O)C2CCCC(O)C2C1. The fourth-order valence-corrected chi connectivity index (χ4v) is 4.17. The Kier molecular flexibility index (Phi) is 3.77. The number of sulfonamides is 1. The third-order valence-electron chi connectivity index (χ3n) is 4.04. The van der Waals surface area contributed by atoms with Gasteiger partial charge in [-0.25, -0.2) is 13.1 Å². The molecule has 2 aliphatic rings. The molecule has 0 aromatic carbocycles. The van der Waals surface area contributed by atoms with E-state index in [0.29, 0.717) is 12.8 Å². The van der Waals surface area contributed by atoms with Crippen LogP contribution >= 0.6 is 0 Å². The van der Waals surface area contributed by atoms with Crippen LogP contribution in [0.5, 0.6) is 0 Å². The van der Waals surface area contributed by atoms with Crippen LogP contribution in [0.15, 0.2) is 0 Å². The van der Waals surface area contributed by atoms with Gasteiger partial charge in [0.15, 0.2) is 0 Å². The molecule has 0 amide bonds. The van der Waals surface area contributed by atoms with E-state index >= 15 is 0 Å². The molecule has 0 bridgehead atoms. The predicted octanol–water partition coefficient (Wildman–Crippen LogP) is -0.164. The maximum Gasteiger partial charge on any atom is 0.208 e. The second-order valence-corrected chi connectivity index (χ2v) is 7.23. The quantitative estimate of drug-likeness (QED) is 0.646. The zero-order valence-corrected chi connectivity index (χ0v) is 10.9. The van der Waals surface area contributed by atoms with E-state index in [1.54, 1.807) is 0 Å². The Balaban J connectivity index is 2.06. The smallest absolute Gasteiger partial charge is 0.208 e. The minimum atomic E-state index is -3.25. The van der Waals surface area contributed by atoms with E-state index in [1.807, 2.05) is 0 Å². The summed E-state index contributed by atoms with van der Waals surface area (Å²) in [6.07, 6.45) is 3.98. The highest BCUT2D eigenvalue weighted by atomic mass is 32.2. The summed E-state index contributed by atoms with van der Waals surface area (Å²) in [6, 6.07) is -0.242. The number of hydrogen-bond acceptors (Lipinski definition) is 4. The normalized spacial score (nSPS) is 43.1. The van der Waals surface area contributed by atoms with Crippen molar-refractivity contribution in [2.24, 2.45) is 11.8 Å². The minimum absolute atomic E-state index is 0.0340. The van der Waals surface area contributed by atoms with E-state index in [-0.39, 0.29) is 17.9 Å². The highest BCUT2D eigenvalue weighted by molar-refractivity contribution is 7.88. The lowest BCUT2D eigenvalue weighted by molar-refractivity contribution is -0.0600. The molecule has 0 saturated heterocycles. The first-order valence-corrected chi connectivity index (χ1v) is 8.09. The molecule has 2 fully saturated rings. The molecule has 2 rings (SSSR count). The van der Waals surface area contributed by atoms with Crippen molar-refractivity contribution in [3.05, 3.63) is 0 Å².